The molecule has 1 aromatic carbocycles. The maximum Gasteiger partial charge on any atom is 0.153 e. The molecule has 0 radical (unpaired) electrons. The Morgan fingerprint density at radius 2 is 0.613 bits per heavy atom. The Morgan fingerprint density at radius 3 is 0.787 bits per heavy atom. The van der Waals surface area contributed by atoms with Crippen LogP contribution in [0.1, 0.15) is 17.7 Å². The highest BCUT2D eigenvalue weighted by Crippen LogP contribution is 2.31. The third-order valence-corrected chi connectivity index (χ3v) is 3.91. The third kappa shape index (κ3) is 228. The van der Waals surface area contributed by atoms with Crippen molar-refractivity contribution in [3.63, 3.8) is 0 Å². The standard InChI is InChI=1S/C16H18FN3OS.53HI/c1-22-15(18)20-11-9-16(21,14-4-2-3-10-19-14)12-5-7-13(17)8-6-12;;;;;;;;;;;;;;;;;;;;;;;;;;;;;;;;;;;;;;;;;;;;;;;;;;;;;/h2-8,10,21H,9,11H2,1H3,(H2,18,20);53*1H. The Kier molecular flexibility index (Phi) is 1490. The molecule has 0 saturated heterocycles. The summed E-state index contributed by atoms with van der Waals surface area (Å²) >= 11 is 1.35. The van der Waals surface area contributed by atoms with Crippen LogP contribution in [0.4, 0.5) is 4.39 Å². The molecule has 0 amide bonds. The van der Waals surface area contributed by atoms with Crippen LogP contribution in [-0.4, -0.2) is 28.1 Å². The first-order valence-corrected chi connectivity index (χ1v) is 8.02. The zero-order valence-electron chi connectivity index (χ0n) is 33.9. The van der Waals surface area contributed by atoms with Crippen molar-refractivity contribution in [3.05, 3.63) is 65.7 Å². The van der Waals surface area contributed by atoms with E-state index in [4.69, 9.17) is 5.73 Å². The molecule has 0 fully saturated rings. The number of aromatic nitrogens is 1. The van der Waals surface area contributed by atoms with Gasteiger partial charge in [0, 0.05) is 19.2 Å². The number of hydrogen-bond acceptors (Lipinski definition) is 4. The van der Waals surface area contributed by atoms with E-state index in [0.29, 0.717) is 29.4 Å². The van der Waals surface area contributed by atoms with Crippen LogP contribution in [0.3, 0.4) is 0 Å². The van der Waals surface area contributed by atoms with Gasteiger partial charge in [-0.15, -0.1) is 1270 Å². The Balaban J connectivity index is -0.00000000200. The summed E-state index contributed by atoms with van der Waals surface area (Å²) in [6.45, 7) is 0.344. The number of pyridine rings is 1. The molecule has 0 spiro atoms. The van der Waals surface area contributed by atoms with E-state index in [9.17, 15) is 9.50 Å². The van der Waals surface area contributed by atoms with E-state index >= 15 is 0 Å². The number of hydrogen-bond donors (Lipinski definition) is 2. The average molecular weight is 7100 g/mol. The number of nitrogens with zero attached hydrogens (tertiary/aromatic N) is 2. The summed E-state index contributed by atoms with van der Waals surface area (Å²) in [5.41, 5.74) is 5.40. The molecule has 59 heteroatoms. The van der Waals surface area contributed by atoms with E-state index in [-0.39, 0.29) is 1280 Å². The van der Waals surface area contributed by atoms with Crippen LogP contribution in [0, 0.1) is 5.82 Å². The highest BCUT2D eigenvalue weighted by molar-refractivity contribution is 14.1. The molecule has 540 valence electrons. The van der Waals surface area contributed by atoms with Crippen LogP contribution in [0.5, 0.6) is 0 Å². The molecule has 0 bridgehead atoms. The second kappa shape index (κ2) is 291. The molecule has 2 aromatic rings. The fourth-order valence-electron chi connectivity index (χ4n) is 2.15. The minimum absolute atomic E-state index is 0. The number of aliphatic imine (C=N–C) groups is 1. The number of amidine groups is 1. The van der Waals surface area contributed by atoms with E-state index in [0.717, 1.165) is 0 Å². The highest BCUT2D eigenvalue weighted by atomic mass is 127. The lowest BCUT2D eigenvalue weighted by atomic mass is 9.87. The van der Waals surface area contributed by atoms with E-state index in [1.54, 1.807) is 36.5 Å². The lowest BCUT2D eigenvalue weighted by Crippen LogP contribution is -2.29. The van der Waals surface area contributed by atoms with Crippen LogP contribution in [-0.2, 0) is 5.60 Å². The highest BCUT2D eigenvalue weighted by Gasteiger charge is 2.32. The van der Waals surface area contributed by atoms with E-state index < -0.39 is 5.60 Å². The molecule has 75 heavy (non-hydrogen) atoms. The van der Waals surface area contributed by atoms with Crippen molar-refractivity contribution in [2.24, 2.45) is 10.7 Å². The van der Waals surface area contributed by atoms with Gasteiger partial charge in [0.05, 0.1) is 5.69 Å². The first kappa shape index (κ1) is 384. The molecule has 2 rings (SSSR count). The monoisotopic (exact) mass is 7100 g/mol. The molecule has 0 aliphatic heterocycles. The lowest BCUT2D eigenvalue weighted by Gasteiger charge is -2.27. The van der Waals surface area contributed by atoms with Gasteiger partial charge in [0.2, 0.25) is 0 Å². The summed E-state index contributed by atoms with van der Waals surface area (Å²) in [4.78, 5) is 8.43. The zero-order chi connectivity index (χ0) is 16.0. The number of aliphatic hydroxyl groups is 1. The number of rotatable bonds is 5. The summed E-state index contributed by atoms with van der Waals surface area (Å²) in [6.07, 6.45) is 3.75. The SMILES string of the molecule is CSC(N)=NCCC(O)(c1ccc(F)cc1)c1ccccn1.I.I.I.I.I.I.I.I.I.I.I.I.I.I.I.I.I.I.I.I.I.I.I.I.I.I.I.I.I.I.I.I.I.I.I.I.I.I.I.I.I.I.I.I.I.I.I.I.I.I.I.I.I. The topological polar surface area (TPSA) is 71.5 Å². The van der Waals surface area contributed by atoms with Gasteiger partial charge in [-0.1, -0.05) is 30.0 Å². The van der Waals surface area contributed by atoms with Gasteiger partial charge in [-0.3, -0.25) is 9.98 Å². The predicted molar refractivity (Wildman–Crippen MR) is 905 cm³/mol. The van der Waals surface area contributed by atoms with Crippen molar-refractivity contribution in [1.29, 1.82) is 0 Å². The minimum atomic E-state index is -1.34. The van der Waals surface area contributed by atoms with Crippen LogP contribution in [0.2, 0.25) is 0 Å². The average Bonchev–Trinajstić information content (AvgIpc) is 2.56. The van der Waals surface area contributed by atoms with Gasteiger partial charge >= 0.3 is 0 Å². The van der Waals surface area contributed by atoms with Crippen molar-refractivity contribution in [1.82, 2.24) is 4.98 Å². The Labute approximate surface area is 1360 Å². The quantitative estimate of drug-likeness (QED) is 0.178. The van der Waals surface area contributed by atoms with Crippen LogP contribution >= 0.6 is 1280 Å². The lowest BCUT2D eigenvalue weighted by molar-refractivity contribution is 0.0692. The van der Waals surface area contributed by atoms with Gasteiger partial charge in [0.1, 0.15) is 11.4 Å². The number of halogens is 54. The van der Waals surface area contributed by atoms with Gasteiger partial charge in [0.25, 0.3) is 0 Å². The molecule has 1 atom stereocenters. The van der Waals surface area contributed by atoms with Crippen LogP contribution in [0.15, 0.2) is 53.7 Å². The summed E-state index contributed by atoms with van der Waals surface area (Å²) in [6, 6.07) is 11.1. The van der Waals surface area contributed by atoms with Gasteiger partial charge in [-0.25, -0.2) is 4.39 Å². The molecular formula is C16H71FI53N3OS. The molecule has 1 aromatic heterocycles. The first-order valence-electron chi connectivity index (χ1n) is 6.80. The maximum atomic E-state index is 13.1. The normalized spacial score (nSPS) is 4.28. The number of nitrogens with two attached hydrogens (primary N) is 1. The summed E-state index contributed by atoms with van der Waals surface area (Å²) < 4.78 is 13.1. The van der Waals surface area contributed by atoms with Crippen molar-refractivity contribution in [2.75, 3.05) is 12.8 Å². The molecule has 1 heterocycles. The molecule has 0 aliphatic rings. The largest absolute Gasteiger partial charge is 0.379 e. The maximum absolute atomic E-state index is 13.1. The Bertz CT molecular complexity index is 699. The molecule has 0 aliphatic carbocycles. The molecule has 0 saturated carbocycles. The number of benzene rings is 1. The fourth-order valence-corrected chi connectivity index (χ4v) is 2.37. The molecule has 4 nitrogen and oxygen atoms in total. The van der Waals surface area contributed by atoms with Gasteiger partial charge in [-0.05, 0) is 36.1 Å². The predicted octanol–water partition coefficient (Wildman–Crippen LogP) is 35.3. The third-order valence-electron chi connectivity index (χ3n) is 3.36. The van der Waals surface area contributed by atoms with Gasteiger partial charge in [0.15, 0.2) is 5.17 Å². The smallest absolute Gasteiger partial charge is 0.153 e. The van der Waals surface area contributed by atoms with Crippen LogP contribution < -0.4 is 5.73 Å². The fraction of sp³-hybridized carbons (Fsp3) is 0.250. The molecular weight excluding hydrogens is 7030 g/mol. The van der Waals surface area contributed by atoms with Crippen LogP contribution in [0.25, 0.3) is 0 Å². The second-order valence-corrected chi connectivity index (χ2v) is 5.58. The van der Waals surface area contributed by atoms with Gasteiger partial charge < -0.3 is 10.8 Å². The molecule has 3 N–H and O–H groups in total. The first-order chi connectivity index (χ1) is 10.6. The van der Waals surface area contributed by atoms with E-state index in [2.05, 4.69) is 9.98 Å². The summed E-state index contributed by atoms with van der Waals surface area (Å²) in [7, 11) is 0. The summed E-state index contributed by atoms with van der Waals surface area (Å²) in [5, 5.41) is 11.6. The molecule has 1 unspecified atom stereocenters. The van der Waals surface area contributed by atoms with Crippen molar-refractivity contribution in [2.45, 2.75) is 12.0 Å². The minimum Gasteiger partial charge on any atom is -0.379 e. The Hall–Kier alpha value is 36.8. The zero-order valence-corrected chi connectivity index (χ0v) is 158. The van der Waals surface area contributed by atoms with E-state index in [1.807, 2.05) is 6.26 Å². The Morgan fingerprint density at radius 1 is 0.400 bits per heavy atom. The number of thioether (sulfide) groups is 1. The van der Waals surface area contributed by atoms with Crippen molar-refractivity contribution >= 4 is 1290 Å². The summed E-state index contributed by atoms with van der Waals surface area (Å²) in [5.74, 6) is -0.350. The van der Waals surface area contributed by atoms with Gasteiger partial charge in [-0.2, -0.15) is 0 Å². The second-order valence-electron chi connectivity index (χ2n) is 4.76. The van der Waals surface area contributed by atoms with Crippen molar-refractivity contribution < 1.29 is 9.50 Å². The van der Waals surface area contributed by atoms with Crippen molar-refractivity contribution in [3.8, 4) is 0 Å². The van der Waals surface area contributed by atoms with E-state index in [1.165, 1.54) is 23.9 Å².